The Morgan fingerprint density at radius 2 is 2.22 bits per heavy atom. The lowest BCUT2D eigenvalue weighted by atomic mass is 10.2. The first-order valence-electron chi connectivity index (χ1n) is 6.45. The molecule has 2 heterocycles. The van der Waals surface area contributed by atoms with Crippen molar-refractivity contribution in [2.75, 3.05) is 30.3 Å². The molecule has 0 amide bonds. The largest absolute Gasteiger partial charge is 0.368 e. The highest BCUT2D eigenvalue weighted by atomic mass is 15.1. The summed E-state index contributed by atoms with van der Waals surface area (Å²) < 4.78 is 0. The molecule has 2 rings (SSSR count). The molecule has 1 aromatic rings. The second-order valence-corrected chi connectivity index (χ2v) is 4.53. The second kappa shape index (κ2) is 6.35. The molecule has 98 valence electrons. The smallest absolute Gasteiger partial charge is 0.132 e. The monoisotopic (exact) mass is 247 g/mol. The van der Waals surface area contributed by atoms with Crippen LogP contribution in [0.2, 0.25) is 0 Å². The van der Waals surface area contributed by atoms with Crippen molar-refractivity contribution in [2.45, 2.75) is 25.8 Å². The molecule has 5 nitrogen and oxygen atoms in total. The first-order valence-corrected chi connectivity index (χ1v) is 6.45. The third-order valence-electron chi connectivity index (χ3n) is 2.96. The summed E-state index contributed by atoms with van der Waals surface area (Å²) in [6.07, 6.45) is 4.31. The lowest BCUT2D eigenvalue weighted by molar-refractivity contribution is 0.632. The lowest BCUT2D eigenvalue weighted by Crippen LogP contribution is -2.29. The van der Waals surface area contributed by atoms with Crippen molar-refractivity contribution in [3.8, 4) is 0 Å². The molecule has 0 radical (unpaired) electrons. The highest BCUT2D eigenvalue weighted by molar-refractivity contribution is 5.47. The summed E-state index contributed by atoms with van der Waals surface area (Å²) >= 11 is 0. The Morgan fingerprint density at radius 1 is 1.44 bits per heavy atom. The van der Waals surface area contributed by atoms with Crippen LogP contribution in [-0.2, 0) is 0 Å². The third kappa shape index (κ3) is 3.70. The van der Waals surface area contributed by atoms with Crippen LogP contribution in [0.1, 0.15) is 18.7 Å². The van der Waals surface area contributed by atoms with Crippen molar-refractivity contribution in [2.24, 2.45) is 0 Å². The van der Waals surface area contributed by atoms with Crippen LogP contribution in [0.5, 0.6) is 0 Å². The van der Waals surface area contributed by atoms with Gasteiger partial charge < -0.3 is 16.0 Å². The molecule has 18 heavy (non-hydrogen) atoms. The van der Waals surface area contributed by atoms with Crippen LogP contribution >= 0.6 is 0 Å². The summed E-state index contributed by atoms with van der Waals surface area (Å²) in [5, 5.41) is 10.00. The van der Waals surface area contributed by atoms with Crippen LogP contribution in [0.3, 0.4) is 0 Å². The molecular weight excluding hydrogens is 226 g/mol. The Labute approximate surface area is 108 Å². The van der Waals surface area contributed by atoms with Gasteiger partial charge in [-0.2, -0.15) is 0 Å². The van der Waals surface area contributed by atoms with Gasteiger partial charge in [-0.3, -0.25) is 0 Å². The molecule has 1 unspecified atom stereocenters. The molecule has 0 spiro atoms. The average Bonchev–Trinajstić information content (AvgIpc) is 2.86. The van der Waals surface area contributed by atoms with Gasteiger partial charge in [0.15, 0.2) is 0 Å². The highest BCUT2D eigenvalue weighted by Crippen LogP contribution is 2.12. The van der Waals surface area contributed by atoms with E-state index in [0.717, 1.165) is 30.5 Å². The molecule has 3 N–H and O–H groups in total. The molecule has 1 aliphatic heterocycles. The van der Waals surface area contributed by atoms with Gasteiger partial charge in [0.2, 0.25) is 0 Å². The number of nitrogens with zero attached hydrogens (tertiary/aromatic N) is 2. The fourth-order valence-corrected chi connectivity index (χ4v) is 2.08. The highest BCUT2D eigenvalue weighted by Gasteiger charge is 2.13. The van der Waals surface area contributed by atoms with E-state index in [1.54, 1.807) is 0 Å². The zero-order valence-electron chi connectivity index (χ0n) is 10.9. The van der Waals surface area contributed by atoms with E-state index in [2.05, 4.69) is 32.5 Å². The van der Waals surface area contributed by atoms with Crippen LogP contribution < -0.4 is 16.0 Å². The molecule has 1 aliphatic rings. The zero-order chi connectivity index (χ0) is 12.8. The number of hydrogen-bond donors (Lipinski definition) is 3. The molecule has 0 aromatic carbocycles. The topological polar surface area (TPSA) is 61.9 Å². The number of aryl methyl sites for hydroxylation is 1. The quantitative estimate of drug-likeness (QED) is 0.666. The minimum Gasteiger partial charge on any atom is -0.368 e. The van der Waals surface area contributed by atoms with E-state index in [1.165, 1.54) is 12.8 Å². The van der Waals surface area contributed by atoms with Gasteiger partial charge in [-0.25, -0.2) is 9.97 Å². The summed E-state index contributed by atoms with van der Waals surface area (Å²) in [5.74, 6) is 2.48. The average molecular weight is 247 g/mol. The molecular formula is C13H21N5. The maximum atomic E-state index is 4.39. The number of rotatable bonds is 6. The summed E-state index contributed by atoms with van der Waals surface area (Å²) in [7, 11) is 0. The molecule has 1 saturated heterocycles. The minimum absolute atomic E-state index is 0.560. The number of aromatic nitrogens is 2. The molecule has 1 fully saturated rings. The van der Waals surface area contributed by atoms with Gasteiger partial charge in [0.25, 0.3) is 0 Å². The predicted octanol–water partition coefficient (Wildman–Crippen LogP) is 1.55. The maximum Gasteiger partial charge on any atom is 0.132 e. The van der Waals surface area contributed by atoms with Gasteiger partial charge in [0.05, 0.1) is 0 Å². The van der Waals surface area contributed by atoms with Crippen LogP contribution in [0.25, 0.3) is 0 Å². The van der Waals surface area contributed by atoms with E-state index < -0.39 is 0 Å². The Bertz CT molecular complexity index is 398. The molecule has 1 atom stereocenters. The zero-order valence-corrected chi connectivity index (χ0v) is 10.9. The third-order valence-corrected chi connectivity index (χ3v) is 2.96. The molecule has 0 aliphatic carbocycles. The number of anilines is 2. The normalized spacial score (nSPS) is 18.6. The maximum absolute atomic E-state index is 4.39. The van der Waals surface area contributed by atoms with Crippen LogP contribution in [0, 0.1) is 6.92 Å². The van der Waals surface area contributed by atoms with E-state index in [1.807, 2.05) is 19.1 Å². The standard InChI is InChI=1S/C13H21N5/c1-3-6-15-12-8-13(18-10(2)17-12)16-9-11-5-4-7-14-11/h3,8,11,14H,1,4-7,9H2,2H3,(H2,15,16,17,18). The minimum atomic E-state index is 0.560. The van der Waals surface area contributed by atoms with Crippen LogP contribution in [-0.4, -0.2) is 35.6 Å². The Kier molecular flexibility index (Phi) is 4.52. The van der Waals surface area contributed by atoms with E-state index in [0.29, 0.717) is 12.6 Å². The summed E-state index contributed by atoms with van der Waals surface area (Å²) in [6.45, 7) is 8.33. The Morgan fingerprint density at radius 3 is 2.89 bits per heavy atom. The molecule has 1 aromatic heterocycles. The van der Waals surface area contributed by atoms with Gasteiger partial charge in [-0.05, 0) is 26.3 Å². The first kappa shape index (κ1) is 12.8. The molecule has 0 saturated carbocycles. The van der Waals surface area contributed by atoms with Gasteiger partial charge >= 0.3 is 0 Å². The fourth-order valence-electron chi connectivity index (χ4n) is 2.08. The predicted molar refractivity (Wildman–Crippen MR) is 75.0 cm³/mol. The fraction of sp³-hybridized carbons (Fsp3) is 0.538. The lowest BCUT2D eigenvalue weighted by Gasteiger charge is -2.13. The van der Waals surface area contributed by atoms with Crippen LogP contribution in [0.15, 0.2) is 18.7 Å². The summed E-state index contributed by atoms with van der Waals surface area (Å²) in [4.78, 5) is 8.71. The van der Waals surface area contributed by atoms with Gasteiger partial charge in [0.1, 0.15) is 17.5 Å². The Balaban J connectivity index is 1.93. The van der Waals surface area contributed by atoms with Crippen molar-refractivity contribution in [1.82, 2.24) is 15.3 Å². The molecule has 5 heteroatoms. The van der Waals surface area contributed by atoms with Crippen molar-refractivity contribution in [3.63, 3.8) is 0 Å². The van der Waals surface area contributed by atoms with Crippen molar-refractivity contribution in [1.29, 1.82) is 0 Å². The summed E-state index contributed by atoms with van der Waals surface area (Å²) in [6, 6.07) is 2.50. The van der Waals surface area contributed by atoms with Crippen molar-refractivity contribution >= 4 is 11.6 Å². The van der Waals surface area contributed by atoms with Gasteiger partial charge in [-0.15, -0.1) is 6.58 Å². The van der Waals surface area contributed by atoms with E-state index in [-0.39, 0.29) is 0 Å². The van der Waals surface area contributed by atoms with Crippen LogP contribution in [0.4, 0.5) is 11.6 Å². The van der Waals surface area contributed by atoms with E-state index in [4.69, 9.17) is 0 Å². The second-order valence-electron chi connectivity index (χ2n) is 4.53. The van der Waals surface area contributed by atoms with Crippen molar-refractivity contribution < 1.29 is 0 Å². The number of hydrogen-bond acceptors (Lipinski definition) is 5. The first-order chi connectivity index (χ1) is 8.78. The van der Waals surface area contributed by atoms with Crippen molar-refractivity contribution in [3.05, 3.63) is 24.5 Å². The van der Waals surface area contributed by atoms with Gasteiger partial charge in [-0.1, -0.05) is 6.08 Å². The Hall–Kier alpha value is -1.62. The number of nitrogens with one attached hydrogen (secondary N) is 3. The van der Waals surface area contributed by atoms with E-state index >= 15 is 0 Å². The summed E-state index contributed by atoms with van der Waals surface area (Å²) in [5.41, 5.74) is 0. The SMILES string of the molecule is C=CCNc1cc(NCC2CCCN2)nc(C)n1. The van der Waals surface area contributed by atoms with E-state index in [9.17, 15) is 0 Å². The van der Waals surface area contributed by atoms with Gasteiger partial charge in [0, 0.05) is 25.2 Å². The molecule has 0 bridgehead atoms.